The highest BCUT2D eigenvalue weighted by molar-refractivity contribution is 5.95. The van der Waals surface area contributed by atoms with Crippen molar-refractivity contribution in [3.63, 3.8) is 0 Å². The van der Waals surface area contributed by atoms with Crippen LogP contribution in [0.3, 0.4) is 0 Å². The first kappa shape index (κ1) is 18.4. The molecule has 3 rings (SSSR count). The third-order valence-corrected chi connectivity index (χ3v) is 4.30. The van der Waals surface area contributed by atoms with E-state index in [0.717, 1.165) is 25.1 Å². The van der Waals surface area contributed by atoms with E-state index in [4.69, 9.17) is 0 Å². The van der Waals surface area contributed by atoms with Crippen LogP contribution in [0, 0.1) is 0 Å². The van der Waals surface area contributed by atoms with E-state index in [1.54, 1.807) is 0 Å². The summed E-state index contributed by atoms with van der Waals surface area (Å²) in [5.41, 5.74) is -0.777. The van der Waals surface area contributed by atoms with E-state index in [-0.39, 0.29) is 18.5 Å². The zero-order valence-corrected chi connectivity index (χ0v) is 14.1. The van der Waals surface area contributed by atoms with E-state index < -0.39 is 17.8 Å². The van der Waals surface area contributed by atoms with E-state index in [1.165, 1.54) is 6.07 Å². The summed E-state index contributed by atoms with van der Waals surface area (Å²) in [7, 11) is 0. The van der Waals surface area contributed by atoms with Crippen LogP contribution in [0.5, 0.6) is 0 Å². The molecule has 1 aromatic rings. The number of urea groups is 1. The van der Waals surface area contributed by atoms with Crippen molar-refractivity contribution in [1.29, 1.82) is 0 Å². The van der Waals surface area contributed by atoms with E-state index in [2.05, 4.69) is 15.6 Å². The number of halogens is 3. The summed E-state index contributed by atoms with van der Waals surface area (Å²) in [5.74, 6) is 0.107. The van der Waals surface area contributed by atoms with Crippen molar-refractivity contribution in [3.05, 3.63) is 23.9 Å². The first-order chi connectivity index (χ1) is 12.3. The Hall–Kier alpha value is -2.36. The monoisotopic (exact) mass is 371 g/mol. The number of aromatic nitrogens is 1. The molecule has 142 valence electrons. The van der Waals surface area contributed by atoms with Crippen LogP contribution in [0.2, 0.25) is 0 Å². The van der Waals surface area contributed by atoms with Crippen LogP contribution in [0.25, 0.3) is 0 Å². The van der Waals surface area contributed by atoms with Gasteiger partial charge in [0.25, 0.3) is 0 Å². The van der Waals surface area contributed by atoms with Crippen molar-refractivity contribution in [2.75, 3.05) is 37.6 Å². The number of anilines is 1. The van der Waals surface area contributed by atoms with Crippen molar-refractivity contribution < 1.29 is 22.8 Å². The van der Waals surface area contributed by atoms with Crippen molar-refractivity contribution >= 4 is 17.8 Å². The molecule has 1 saturated carbocycles. The number of imide groups is 1. The fourth-order valence-electron chi connectivity index (χ4n) is 2.69. The molecule has 0 atom stereocenters. The van der Waals surface area contributed by atoms with Crippen LogP contribution in [-0.4, -0.2) is 60.6 Å². The Bertz CT molecular complexity index is 653. The van der Waals surface area contributed by atoms with Gasteiger partial charge in [0.15, 0.2) is 0 Å². The number of hydrogen-bond donors (Lipinski definition) is 2. The van der Waals surface area contributed by atoms with Crippen LogP contribution in [0.15, 0.2) is 18.3 Å². The average molecular weight is 371 g/mol. The zero-order valence-electron chi connectivity index (χ0n) is 14.1. The molecule has 1 aliphatic heterocycles. The van der Waals surface area contributed by atoms with Gasteiger partial charge in [-0.3, -0.25) is 15.0 Å². The zero-order chi connectivity index (χ0) is 18.7. The standard InChI is InChI=1S/C16H20F3N5O2/c17-16(18,19)11-1-4-13(20-9-11)24-7-5-23(6-8-24)10-14(25)22-15(26)21-12-2-3-12/h1,4,9,12H,2-3,5-8,10H2,(H2,21,22,25,26). The molecule has 2 N–H and O–H groups in total. The Morgan fingerprint density at radius 3 is 2.38 bits per heavy atom. The van der Waals surface area contributed by atoms with E-state index >= 15 is 0 Å². The maximum atomic E-state index is 12.6. The van der Waals surface area contributed by atoms with Gasteiger partial charge in [-0.05, 0) is 25.0 Å². The molecule has 0 aromatic carbocycles. The molecule has 1 aromatic heterocycles. The molecular formula is C16H20F3N5O2. The number of nitrogens with zero attached hydrogens (tertiary/aromatic N) is 3. The van der Waals surface area contributed by atoms with Crippen LogP contribution >= 0.6 is 0 Å². The number of pyridine rings is 1. The summed E-state index contributed by atoms with van der Waals surface area (Å²) in [4.78, 5) is 31.0. The largest absolute Gasteiger partial charge is 0.417 e. The first-order valence-electron chi connectivity index (χ1n) is 8.42. The van der Waals surface area contributed by atoms with Gasteiger partial charge in [-0.2, -0.15) is 13.2 Å². The Morgan fingerprint density at radius 1 is 1.15 bits per heavy atom. The second-order valence-corrected chi connectivity index (χ2v) is 6.46. The van der Waals surface area contributed by atoms with Gasteiger partial charge in [0.2, 0.25) is 5.91 Å². The van der Waals surface area contributed by atoms with Gasteiger partial charge in [0.1, 0.15) is 5.82 Å². The Kier molecular flexibility index (Phi) is 5.30. The number of hydrogen-bond acceptors (Lipinski definition) is 5. The Morgan fingerprint density at radius 2 is 1.85 bits per heavy atom. The summed E-state index contributed by atoms with van der Waals surface area (Å²) in [6, 6.07) is 2.08. The second kappa shape index (κ2) is 7.48. The molecule has 7 nitrogen and oxygen atoms in total. The van der Waals surface area contributed by atoms with Gasteiger partial charge in [0, 0.05) is 38.4 Å². The van der Waals surface area contributed by atoms with Crippen molar-refractivity contribution in [2.24, 2.45) is 0 Å². The SMILES string of the molecule is O=C(CN1CCN(c2ccc(C(F)(F)F)cn2)CC1)NC(=O)NC1CC1. The quantitative estimate of drug-likeness (QED) is 0.832. The van der Waals surface area contributed by atoms with Gasteiger partial charge >= 0.3 is 12.2 Å². The number of rotatable bonds is 4. The number of alkyl halides is 3. The lowest BCUT2D eigenvalue weighted by Crippen LogP contribution is -2.51. The second-order valence-electron chi connectivity index (χ2n) is 6.46. The van der Waals surface area contributed by atoms with E-state index in [1.807, 2.05) is 9.80 Å². The number of carbonyl (C=O) groups is 2. The summed E-state index contributed by atoms with van der Waals surface area (Å²) in [6.45, 7) is 2.30. The van der Waals surface area contributed by atoms with E-state index in [0.29, 0.717) is 32.0 Å². The van der Waals surface area contributed by atoms with Gasteiger partial charge in [-0.15, -0.1) is 0 Å². The van der Waals surface area contributed by atoms with Crippen LogP contribution in [-0.2, 0) is 11.0 Å². The number of piperazine rings is 1. The van der Waals surface area contributed by atoms with Crippen molar-refractivity contribution in [2.45, 2.75) is 25.1 Å². The van der Waals surface area contributed by atoms with Crippen LogP contribution in [0.1, 0.15) is 18.4 Å². The van der Waals surface area contributed by atoms with Crippen LogP contribution < -0.4 is 15.5 Å². The van der Waals surface area contributed by atoms with E-state index in [9.17, 15) is 22.8 Å². The minimum absolute atomic E-state index is 0.104. The fraction of sp³-hybridized carbons (Fsp3) is 0.562. The maximum Gasteiger partial charge on any atom is 0.417 e. The fourth-order valence-corrected chi connectivity index (χ4v) is 2.69. The van der Waals surface area contributed by atoms with Gasteiger partial charge < -0.3 is 10.2 Å². The molecule has 1 saturated heterocycles. The number of amides is 3. The molecule has 1 aliphatic carbocycles. The third kappa shape index (κ3) is 5.07. The molecule has 2 heterocycles. The minimum atomic E-state index is -4.40. The Balaban J connectivity index is 1.43. The van der Waals surface area contributed by atoms with Crippen molar-refractivity contribution in [3.8, 4) is 0 Å². The van der Waals surface area contributed by atoms with Crippen molar-refractivity contribution in [1.82, 2.24) is 20.5 Å². The predicted octanol–water partition coefficient (Wildman–Crippen LogP) is 1.21. The lowest BCUT2D eigenvalue weighted by Gasteiger charge is -2.35. The molecule has 3 amide bonds. The smallest absolute Gasteiger partial charge is 0.354 e. The highest BCUT2D eigenvalue weighted by Crippen LogP contribution is 2.29. The normalized spacial score (nSPS) is 18.5. The summed E-state index contributed by atoms with van der Waals surface area (Å²) < 4.78 is 37.7. The lowest BCUT2D eigenvalue weighted by molar-refractivity contribution is -0.137. The molecule has 0 radical (unpaired) electrons. The van der Waals surface area contributed by atoms with Crippen LogP contribution in [0.4, 0.5) is 23.8 Å². The maximum absolute atomic E-state index is 12.6. The average Bonchev–Trinajstić information content (AvgIpc) is 3.38. The molecule has 2 aliphatic rings. The summed E-state index contributed by atoms with van der Waals surface area (Å²) in [6.07, 6.45) is -1.68. The molecule has 2 fully saturated rings. The number of nitrogens with one attached hydrogen (secondary N) is 2. The molecule has 26 heavy (non-hydrogen) atoms. The Labute approximate surface area is 148 Å². The highest BCUT2D eigenvalue weighted by atomic mass is 19.4. The van der Waals surface area contributed by atoms with Gasteiger partial charge in [-0.1, -0.05) is 0 Å². The van der Waals surface area contributed by atoms with Gasteiger partial charge in [0.05, 0.1) is 12.1 Å². The highest BCUT2D eigenvalue weighted by Gasteiger charge is 2.31. The molecule has 10 heteroatoms. The van der Waals surface area contributed by atoms with Gasteiger partial charge in [-0.25, -0.2) is 9.78 Å². The molecule has 0 unspecified atom stereocenters. The predicted molar refractivity (Wildman–Crippen MR) is 87.6 cm³/mol. The molecular weight excluding hydrogens is 351 g/mol. The lowest BCUT2D eigenvalue weighted by atomic mass is 10.2. The third-order valence-electron chi connectivity index (χ3n) is 4.30. The molecule has 0 spiro atoms. The summed E-state index contributed by atoms with van der Waals surface area (Å²) in [5, 5.41) is 4.98. The minimum Gasteiger partial charge on any atom is -0.354 e. The molecule has 0 bridgehead atoms. The summed E-state index contributed by atoms with van der Waals surface area (Å²) >= 11 is 0. The first-order valence-corrected chi connectivity index (χ1v) is 8.42. The topological polar surface area (TPSA) is 77.6 Å². The number of carbonyl (C=O) groups excluding carboxylic acids is 2.